The lowest BCUT2D eigenvalue weighted by molar-refractivity contribution is 0.257. The highest BCUT2D eigenvalue weighted by Crippen LogP contribution is 2.52. The number of nitrogens with two attached hydrogens (primary N) is 1. The molecule has 2 fully saturated rings. The van der Waals surface area contributed by atoms with Crippen LogP contribution in [-0.4, -0.2) is 10.5 Å². The van der Waals surface area contributed by atoms with E-state index in [0.29, 0.717) is 0 Å². The second-order valence-corrected chi connectivity index (χ2v) is 6.09. The smallest absolute Gasteiger partial charge is 0.113 e. The Hall–Kier alpha value is -1.33. The molecule has 2 aliphatic rings. The molecule has 2 atom stereocenters. The van der Waals surface area contributed by atoms with E-state index >= 15 is 0 Å². The number of hydrogen-bond donors (Lipinski definition) is 1. The average Bonchev–Trinajstić information content (AvgIpc) is 2.58. The summed E-state index contributed by atoms with van der Waals surface area (Å²) in [5.74, 6) is 6.78. The first-order valence-electron chi connectivity index (χ1n) is 6.85. The normalized spacial score (nSPS) is 33.9. The summed E-state index contributed by atoms with van der Waals surface area (Å²) < 4.78 is 0. The Morgan fingerprint density at radius 1 is 1.22 bits per heavy atom. The van der Waals surface area contributed by atoms with Crippen LogP contribution in [0.5, 0.6) is 0 Å². The summed E-state index contributed by atoms with van der Waals surface area (Å²) in [4.78, 5) is 4.45. The maximum absolute atomic E-state index is 6.39. The summed E-state index contributed by atoms with van der Waals surface area (Å²) in [5, 5.41) is 0. The van der Waals surface area contributed by atoms with Gasteiger partial charge in [-0.05, 0) is 57.1 Å². The van der Waals surface area contributed by atoms with Crippen LogP contribution in [0.3, 0.4) is 0 Å². The van der Waals surface area contributed by atoms with E-state index in [4.69, 9.17) is 5.73 Å². The highest BCUT2D eigenvalue weighted by molar-refractivity contribution is 5.32. The molecule has 0 radical (unpaired) electrons. The van der Waals surface area contributed by atoms with Gasteiger partial charge in [-0.15, -0.1) is 0 Å². The third-order valence-electron chi connectivity index (χ3n) is 4.47. The van der Waals surface area contributed by atoms with Gasteiger partial charge in [0, 0.05) is 16.6 Å². The predicted octanol–water partition coefficient (Wildman–Crippen LogP) is 2.79. The molecule has 2 saturated carbocycles. The third-order valence-corrected chi connectivity index (χ3v) is 4.47. The van der Waals surface area contributed by atoms with Crippen LogP contribution >= 0.6 is 0 Å². The molecule has 0 spiro atoms. The first kappa shape index (κ1) is 11.7. The van der Waals surface area contributed by atoms with Gasteiger partial charge in [0.1, 0.15) is 5.69 Å². The quantitative estimate of drug-likeness (QED) is 0.708. The van der Waals surface area contributed by atoms with Crippen LogP contribution in [-0.2, 0) is 0 Å². The number of aromatic nitrogens is 1. The molecule has 0 unspecified atom stereocenters. The average molecular weight is 240 g/mol. The first-order valence-corrected chi connectivity index (χ1v) is 6.85. The number of fused-ring (bicyclic) bond motifs is 2. The Bertz CT molecular complexity index is 525. The number of aryl methyl sites for hydroxylation is 1. The van der Waals surface area contributed by atoms with Crippen LogP contribution in [0.25, 0.3) is 0 Å². The summed E-state index contributed by atoms with van der Waals surface area (Å²) in [6.07, 6.45) is 7.01. The minimum Gasteiger partial charge on any atom is -0.325 e. The molecule has 2 bridgehead atoms. The van der Waals surface area contributed by atoms with Gasteiger partial charge in [0.15, 0.2) is 0 Å². The van der Waals surface area contributed by atoms with E-state index < -0.39 is 0 Å². The van der Waals surface area contributed by atoms with Gasteiger partial charge < -0.3 is 5.73 Å². The van der Waals surface area contributed by atoms with E-state index in [1.54, 1.807) is 0 Å². The van der Waals surface area contributed by atoms with E-state index in [2.05, 4.69) is 16.8 Å². The van der Waals surface area contributed by atoms with E-state index in [1.807, 2.05) is 25.1 Å². The van der Waals surface area contributed by atoms with Gasteiger partial charge in [0.2, 0.25) is 0 Å². The van der Waals surface area contributed by atoms with Gasteiger partial charge in [0.25, 0.3) is 0 Å². The van der Waals surface area contributed by atoms with Crippen molar-refractivity contribution in [2.75, 3.05) is 0 Å². The summed E-state index contributed by atoms with van der Waals surface area (Å²) in [7, 11) is 0. The van der Waals surface area contributed by atoms with Crippen molar-refractivity contribution in [3.05, 3.63) is 29.6 Å². The summed E-state index contributed by atoms with van der Waals surface area (Å²) >= 11 is 0. The van der Waals surface area contributed by atoms with Gasteiger partial charge in [-0.3, -0.25) is 0 Å². The van der Waals surface area contributed by atoms with Crippen LogP contribution in [0, 0.1) is 24.2 Å². The maximum atomic E-state index is 6.39. The molecular weight excluding hydrogens is 220 g/mol. The van der Waals surface area contributed by atoms with Crippen LogP contribution in [0.15, 0.2) is 18.2 Å². The Kier molecular flexibility index (Phi) is 2.68. The van der Waals surface area contributed by atoms with Crippen LogP contribution in [0.2, 0.25) is 0 Å². The van der Waals surface area contributed by atoms with Crippen molar-refractivity contribution in [2.24, 2.45) is 11.1 Å². The molecule has 1 aromatic heterocycles. The zero-order chi connectivity index (χ0) is 12.6. The fourth-order valence-corrected chi connectivity index (χ4v) is 3.52. The molecule has 0 aromatic carbocycles. The number of hydrogen-bond acceptors (Lipinski definition) is 2. The van der Waals surface area contributed by atoms with Crippen molar-refractivity contribution in [1.82, 2.24) is 4.98 Å². The van der Waals surface area contributed by atoms with Crippen molar-refractivity contribution in [2.45, 2.75) is 51.0 Å². The maximum Gasteiger partial charge on any atom is 0.113 e. The van der Waals surface area contributed by atoms with Gasteiger partial charge in [-0.25, -0.2) is 4.98 Å². The highest BCUT2D eigenvalue weighted by atomic mass is 14.8. The molecule has 1 heterocycles. The molecule has 3 rings (SSSR count). The molecule has 2 N–H and O–H groups in total. The van der Waals surface area contributed by atoms with Gasteiger partial charge in [-0.1, -0.05) is 18.4 Å². The SMILES string of the molecule is Cc1cccc(C#C[C@]23CCC[C@](N)(CC2)C3)n1. The van der Waals surface area contributed by atoms with Crippen LogP contribution < -0.4 is 5.73 Å². The molecule has 2 aliphatic carbocycles. The van der Waals surface area contributed by atoms with E-state index in [-0.39, 0.29) is 11.0 Å². The molecule has 2 nitrogen and oxygen atoms in total. The Labute approximate surface area is 109 Å². The van der Waals surface area contributed by atoms with Gasteiger partial charge in [-0.2, -0.15) is 0 Å². The third kappa shape index (κ3) is 2.15. The Morgan fingerprint density at radius 3 is 2.94 bits per heavy atom. The Morgan fingerprint density at radius 2 is 2.11 bits per heavy atom. The standard InChI is InChI=1S/C16H20N2/c1-13-4-2-5-14(18-13)6-9-15-7-3-8-16(17,12-15)11-10-15/h2,4-5H,3,7-8,10-12,17H2,1H3/t15-,16+/m1/s1. The second kappa shape index (κ2) is 4.10. The van der Waals surface area contributed by atoms with Crippen LogP contribution in [0.1, 0.15) is 49.9 Å². The van der Waals surface area contributed by atoms with Gasteiger partial charge in [0.05, 0.1) is 0 Å². The number of pyridine rings is 1. The fourth-order valence-electron chi connectivity index (χ4n) is 3.52. The number of nitrogens with zero attached hydrogens (tertiary/aromatic N) is 1. The molecule has 94 valence electrons. The lowest BCUT2D eigenvalue weighted by atomic mass is 9.74. The minimum absolute atomic E-state index is 0.0764. The van der Waals surface area contributed by atoms with Crippen molar-refractivity contribution in [1.29, 1.82) is 0 Å². The van der Waals surface area contributed by atoms with Crippen molar-refractivity contribution < 1.29 is 0 Å². The minimum atomic E-state index is 0.0764. The molecular formula is C16H20N2. The van der Waals surface area contributed by atoms with E-state index in [9.17, 15) is 0 Å². The van der Waals surface area contributed by atoms with E-state index in [0.717, 1.165) is 24.2 Å². The lowest BCUT2D eigenvalue weighted by Gasteiger charge is -2.33. The van der Waals surface area contributed by atoms with Crippen molar-refractivity contribution in [3.8, 4) is 11.8 Å². The molecule has 0 saturated heterocycles. The number of rotatable bonds is 0. The first-order chi connectivity index (χ1) is 8.59. The molecule has 0 aliphatic heterocycles. The van der Waals surface area contributed by atoms with Crippen molar-refractivity contribution in [3.63, 3.8) is 0 Å². The summed E-state index contributed by atoms with van der Waals surface area (Å²) in [6, 6.07) is 6.02. The van der Waals surface area contributed by atoms with Crippen LogP contribution in [0.4, 0.5) is 0 Å². The highest BCUT2D eigenvalue weighted by Gasteiger charge is 2.48. The summed E-state index contributed by atoms with van der Waals surface area (Å²) in [5.41, 5.74) is 8.57. The fraction of sp³-hybridized carbons (Fsp3) is 0.562. The topological polar surface area (TPSA) is 38.9 Å². The predicted molar refractivity (Wildman–Crippen MR) is 72.9 cm³/mol. The monoisotopic (exact) mass is 240 g/mol. The molecule has 18 heavy (non-hydrogen) atoms. The molecule has 2 heteroatoms. The zero-order valence-corrected chi connectivity index (χ0v) is 11.0. The zero-order valence-electron chi connectivity index (χ0n) is 11.0. The Balaban J connectivity index is 1.85. The lowest BCUT2D eigenvalue weighted by Crippen LogP contribution is -2.40. The van der Waals surface area contributed by atoms with Gasteiger partial charge >= 0.3 is 0 Å². The second-order valence-electron chi connectivity index (χ2n) is 6.09. The largest absolute Gasteiger partial charge is 0.325 e. The van der Waals surface area contributed by atoms with Crippen molar-refractivity contribution >= 4 is 0 Å². The molecule has 1 aromatic rings. The molecule has 0 amide bonds. The van der Waals surface area contributed by atoms with E-state index in [1.165, 1.54) is 25.7 Å². The summed E-state index contributed by atoms with van der Waals surface area (Å²) in [6.45, 7) is 2.00.